The number of ketones is 1. The molecule has 1 aromatic rings. The van der Waals surface area contributed by atoms with Crippen LogP contribution >= 0.6 is 0 Å². The van der Waals surface area contributed by atoms with Crippen molar-refractivity contribution in [2.75, 3.05) is 0 Å². The van der Waals surface area contributed by atoms with E-state index in [0.717, 1.165) is 16.7 Å². The van der Waals surface area contributed by atoms with E-state index in [0.29, 0.717) is 18.4 Å². The van der Waals surface area contributed by atoms with E-state index in [1.165, 1.54) is 6.08 Å². The first-order valence-corrected chi connectivity index (χ1v) is 9.71. The maximum atomic E-state index is 12.8. The molecule has 3 rings (SSSR count). The van der Waals surface area contributed by atoms with Crippen LogP contribution in [0.25, 0.3) is 6.08 Å². The molecule has 28 heavy (non-hydrogen) atoms. The fourth-order valence-electron chi connectivity index (χ4n) is 3.75. The largest absolute Gasteiger partial charge is 0.459 e. The number of hydrogen-bond acceptors (Lipinski definition) is 5. The predicted molar refractivity (Wildman–Crippen MR) is 107 cm³/mol. The molecule has 0 N–H and O–H groups in total. The monoisotopic (exact) mass is 384 g/mol. The number of carbonyl (C=O) groups excluding carboxylic acids is 2. The number of ether oxygens (including phenoxy) is 3. The molecule has 0 amide bonds. The van der Waals surface area contributed by atoms with Gasteiger partial charge in [0, 0.05) is 6.42 Å². The van der Waals surface area contributed by atoms with Crippen molar-refractivity contribution in [1.82, 2.24) is 0 Å². The predicted octanol–water partition coefficient (Wildman–Crippen LogP) is 4.30. The second kappa shape index (κ2) is 8.02. The van der Waals surface area contributed by atoms with Gasteiger partial charge >= 0.3 is 5.97 Å². The van der Waals surface area contributed by atoms with Gasteiger partial charge in [-0.1, -0.05) is 35.9 Å². The minimum absolute atomic E-state index is 0.133. The minimum atomic E-state index is -0.807. The molecule has 2 heterocycles. The summed E-state index contributed by atoms with van der Waals surface area (Å²) < 4.78 is 17.4. The number of cyclic esters (lactones) is 1. The maximum absolute atomic E-state index is 12.8. The van der Waals surface area contributed by atoms with E-state index in [2.05, 4.69) is 0 Å². The Morgan fingerprint density at radius 2 is 1.71 bits per heavy atom. The third-order valence-electron chi connectivity index (χ3n) is 4.90. The minimum Gasteiger partial charge on any atom is -0.459 e. The highest BCUT2D eigenvalue weighted by molar-refractivity contribution is 5.96. The molecule has 3 atom stereocenters. The normalized spacial score (nSPS) is 30.0. The molecular formula is C23H28O5. The Hall–Kier alpha value is -2.24. The van der Waals surface area contributed by atoms with Gasteiger partial charge in [-0.3, -0.25) is 4.79 Å². The molecule has 5 nitrogen and oxygen atoms in total. The summed E-state index contributed by atoms with van der Waals surface area (Å²) in [4.78, 5) is 25.3. The van der Waals surface area contributed by atoms with E-state index in [1.54, 1.807) is 6.08 Å². The number of carbonyl (C=O) groups is 2. The Morgan fingerprint density at radius 3 is 2.46 bits per heavy atom. The third kappa shape index (κ3) is 4.59. The lowest BCUT2D eigenvalue weighted by molar-refractivity contribution is -0.152. The van der Waals surface area contributed by atoms with Gasteiger partial charge in [0.1, 0.15) is 12.2 Å². The molecule has 0 spiro atoms. The van der Waals surface area contributed by atoms with Gasteiger partial charge in [-0.2, -0.15) is 0 Å². The van der Waals surface area contributed by atoms with Crippen molar-refractivity contribution in [2.45, 2.75) is 71.6 Å². The van der Waals surface area contributed by atoms with Gasteiger partial charge in [0.05, 0.1) is 11.7 Å². The molecule has 2 aliphatic heterocycles. The topological polar surface area (TPSA) is 61.8 Å². The van der Waals surface area contributed by atoms with Crippen LogP contribution in [0.5, 0.6) is 0 Å². The molecule has 1 saturated heterocycles. The van der Waals surface area contributed by atoms with E-state index < -0.39 is 11.9 Å². The fraction of sp³-hybridized carbons (Fsp3) is 0.478. The lowest BCUT2D eigenvalue weighted by Crippen LogP contribution is -2.30. The number of rotatable bonds is 0. The van der Waals surface area contributed by atoms with E-state index in [1.807, 2.05) is 58.9 Å². The standard InChI is InChI=1S/C23H28O5/c1-14-12-15(2)20-17(13-14)9-7-11-19-21(28-23(4,5)27-19)18(24)10-6-8-16(3)26-22(20)25/h6-7,9-10,12-13,16,19,21H,8,11H2,1-5H3/b9-7+,10-6-/t16-,19-,21?/m0/s1. The first kappa shape index (κ1) is 20.5. The molecule has 1 fully saturated rings. The maximum Gasteiger partial charge on any atom is 0.339 e. The van der Waals surface area contributed by atoms with Crippen LogP contribution in [0.15, 0.2) is 30.4 Å². The van der Waals surface area contributed by atoms with Crippen molar-refractivity contribution >= 4 is 17.8 Å². The first-order valence-electron chi connectivity index (χ1n) is 9.71. The summed E-state index contributed by atoms with van der Waals surface area (Å²) >= 11 is 0. The summed E-state index contributed by atoms with van der Waals surface area (Å²) in [5.74, 6) is -1.29. The average molecular weight is 384 g/mol. The summed E-state index contributed by atoms with van der Waals surface area (Å²) in [7, 11) is 0. The smallest absolute Gasteiger partial charge is 0.339 e. The summed E-state index contributed by atoms with van der Waals surface area (Å²) in [5, 5.41) is 0. The van der Waals surface area contributed by atoms with Gasteiger partial charge in [-0.05, 0) is 58.2 Å². The lowest BCUT2D eigenvalue weighted by Gasteiger charge is -2.16. The SMILES string of the molecule is Cc1cc(C)c2c(c1)/C=C/C[C@@H]1OC(C)(C)OC1C(=O)/C=C\C[C@H](C)OC2=O. The summed E-state index contributed by atoms with van der Waals surface area (Å²) in [6, 6.07) is 3.95. The molecule has 150 valence electrons. The highest BCUT2D eigenvalue weighted by Crippen LogP contribution is 2.31. The molecule has 0 aromatic heterocycles. The van der Waals surface area contributed by atoms with Crippen LogP contribution in [-0.4, -0.2) is 35.9 Å². The van der Waals surface area contributed by atoms with Crippen LogP contribution in [0.1, 0.15) is 60.7 Å². The van der Waals surface area contributed by atoms with Gasteiger partial charge in [0.2, 0.25) is 0 Å². The number of fused-ring (bicyclic) bond motifs is 2. The zero-order valence-electron chi connectivity index (χ0n) is 17.2. The van der Waals surface area contributed by atoms with Crippen molar-refractivity contribution in [3.8, 4) is 0 Å². The molecule has 0 aliphatic carbocycles. The van der Waals surface area contributed by atoms with Crippen LogP contribution in [0.2, 0.25) is 0 Å². The molecule has 1 aromatic carbocycles. The van der Waals surface area contributed by atoms with E-state index >= 15 is 0 Å². The van der Waals surface area contributed by atoms with Gasteiger partial charge in [-0.25, -0.2) is 4.79 Å². The average Bonchev–Trinajstić information content (AvgIpc) is 2.88. The van der Waals surface area contributed by atoms with Crippen LogP contribution in [0, 0.1) is 13.8 Å². The third-order valence-corrected chi connectivity index (χ3v) is 4.90. The van der Waals surface area contributed by atoms with Crippen molar-refractivity contribution < 1.29 is 23.8 Å². The Morgan fingerprint density at radius 1 is 1.00 bits per heavy atom. The number of esters is 1. The molecule has 1 unspecified atom stereocenters. The number of aryl methyl sites for hydroxylation is 2. The molecular weight excluding hydrogens is 356 g/mol. The zero-order valence-corrected chi connectivity index (χ0v) is 17.2. The van der Waals surface area contributed by atoms with Gasteiger partial charge < -0.3 is 14.2 Å². The van der Waals surface area contributed by atoms with Crippen molar-refractivity contribution in [3.63, 3.8) is 0 Å². The number of hydrogen-bond donors (Lipinski definition) is 0. The van der Waals surface area contributed by atoms with E-state index in [-0.39, 0.29) is 24.0 Å². The Kier molecular flexibility index (Phi) is 5.87. The van der Waals surface area contributed by atoms with Crippen LogP contribution in [-0.2, 0) is 19.0 Å². The molecule has 0 radical (unpaired) electrons. The molecule has 0 bridgehead atoms. The zero-order chi connectivity index (χ0) is 20.5. The van der Waals surface area contributed by atoms with Crippen LogP contribution in [0.4, 0.5) is 0 Å². The Balaban J connectivity index is 1.99. The second-order valence-corrected chi connectivity index (χ2v) is 8.04. The fourth-order valence-corrected chi connectivity index (χ4v) is 3.75. The van der Waals surface area contributed by atoms with Gasteiger partial charge in [0.25, 0.3) is 0 Å². The van der Waals surface area contributed by atoms with Crippen molar-refractivity contribution in [3.05, 3.63) is 52.6 Å². The highest BCUT2D eigenvalue weighted by Gasteiger charge is 2.43. The van der Waals surface area contributed by atoms with E-state index in [4.69, 9.17) is 14.2 Å². The molecule has 5 heteroatoms. The van der Waals surface area contributed by atoms with E-state index in [9.17, 15) is 9.59 Å². The molecule has 0 saturated carbocycles. The second-order valence-electron chi connectivity index (χ2n) is 8.04. The van der Waals surface area contributed by atoms with Gasteiger partial charge in [-0.15, -0.1) is 0 Å². The quantitative estimate of drug-likeness (QED) is 0.624. The van der Waals surface area contributed by atoms with Gasteiger partial charge in [0.15, 0.2) is 11.6 Å². The van der Waals surface area contributed by atoms with Crippen LogP contribution in [0.3, 0.4) is 0 Å². The summed E-state index contributed by atoms with van der Waals surface area (Å²) in [5.41, 5.74) is 3.34. The Bertz CT molecular complexity index is 834. The highest BCUT2D eigenvalue weighted by atomic mass is 16.8. The molecule has 2 aliphatic rings. The van der Waals surface area contributed by atoms with Crippen LogP contribution < -0.4 is 0 Å². The Labute approximate surface area is 166 Å². The number of benzene rings is 1. The van der Waals surface area contributed by atoms with Crippen molar-refractivity contribution in [2.24, 2.45) is 0 Å². The summed E-state index contributed by atoms with van der Waals surface area (Å²) in [6.07, 6.45) is 6.67. The summed E-state index contributed by atoms with van der Waals surface area (Å²) in [6.45, 7) is 9.35. The first-order chi connectivity index (χ1) is 13.2. The van der Waals surface area contributed by atoms with Crippen molar-refractivity contribution in [1.29, 1.82) is 0 Å². The lowest BCUT2D eigenvalue weighted by atomic mass is 9.97.